The van der Waals surface area contributed by atoms with Gasteiger partial charge in [-0.1, -0.05) is 0 Å². The second-order valence-electron chi connectivity index (χ2n) is 6.31. The normalized spacial score (nSPS) is 20.4. The Morgan fingerprint density at radius 2 is 2.17 bits per heavy atom. The lowest BCUT2D eigenvalue weighted by Crippen LogP contribution is -2.45. The first kappa shape index (κ1) is 16.4. The summed E-state index contributed by atoms with van der Waals surface area (Å²) in [6.45, 7) is 5.04. The molecule has 1 aliphatic rings. The van der Waals surface area contributed by atoms with Crippen LogP contribution in [0.3, 0.4) is 0 Å². The fraction of sp³-hybridized carbons (Fsp3) is 0.500. The summed E-state index contributed by atoms with van der Waals surface area (Å²) in [6.07, 6.45) is 4.18. The van der Waals surface area contributed by atoms with Crippen LogP contribution >= 0.6 is 0 Å². The third-order valence-electron chi connectivity index (χ3n) is 4.40. The molecule has 1 atom stereocenters. The van der Waals surface area contributed by atoms with Gasteiger partial charge in [-0.2, -0.15) is 5.10 Å². The van der Waals surface area contributed by atoms with Gasteiger partial charge in [0.2, 0.25) is 11.9 Å². The van der Waals surface area contributed by atoms with E-state index in [1.165, 1.54) is 0 Å². The Hall–Kier alpha value is -2.48. The van der Waals surface area contributed by atoms with Gasteiger partial charge in [-0.15, -0.1) is 0 Å². The van der Waals surface area contributed by atoms with Crippen molar-refractivity contribution in [3.8, 4) is 0 Å². The molecule has 0 unspecified atom stereocenters. The van der Waals surface area contributed by atoms with E-state index in [2.05, 4.69) is 25.5 Å². The van der Waals surface area contributed by atoms with Gasteiger partial charge in [0.15, 0.2) is 0 Å². The Morgan fingerprint density at radius 3 is 2.83 bits per heavy atom. The van der Waals surface area contributed by atoms with Crippen LogP contribution in [0.15, 0.2) is 18.5 Å². The van der Waals surface area contributed by atoms with Gasteiger partial charge in [0.05, 0.1) is 18.7 Å². The highest BCUT2D eigenvalue weighted by atomic mass is 16.3. The van der Waals surface area contributed by atoms with Gasteiger partial charge < -0.3 is 15.3 Å². The van der Waals surface area contributed by atoms with Crippen molar-refractivity contribution < 1.29 is 9.90 Å². The second kappa shape index (κ2) is 6.56. The quantitative estimate of drug-likeness (QED) is 0.719. The van der Waals surface area contributed by atoms with Gasteiger partial charge >= 0.3 is 0 Å². The molecule has 3 N–H and O–H groups in total. The highest BCUT2D eigenvalue weighted by molar-refractivity contribution is 5.79. The van der Waals surface area contributed by atoms with Crippen molar-refractivity contribution in [2.75, 3.05) is 24.5 Å². The summed E-state index contributed by atoms with van der Waals surface area (Å²) in [6, 6.07) is 1.76. The molecule has 1 amide bonds. The van der Waals surface area contributed by atoms with Crippen LogP contribution in [-0.4, -0.2) is 56.4 Å². The Kier molecular flexibility index (Phi) is 4.48. The van der Waals surface area contributed by atoms with E-state index in [1.54, 1.807) is 18.5 Å². The van der Waals surface area contributed by atoms with E-state index in [0.29, 0.717) is 25.5 Å². The molecular formula is C16H22N6O2. The van der Waals surface area contributed by atoms with E-state index in [-0.39, 0.29) is 18.9 Å². The molecule has 1 saturated heterocycles. The van der Waals surface area contributed by atoms with E-state index in [4.69, 9.17) is 0 Å². The average Bonchev–Trinajstić information content (AvgIpc) is 3.12. The fourth-order valence-electron chi connectivity index (χ4n) is 2.95. The number of aliphatic hydroxyl groups is 1. The number of aromatic amines is 1. The molecule has 0 spiro atoms. The molecule has 24 heavy (non-hydrogen) atoms. The number of carbonyl (C=O) groups is 1. The topological polar surface area (TPSA) is 107 Å². The van der Waals surface area contributed by atoms with Crippen LogP contribution in [-0.2, 0) is 11.2 Å². The Balaban J connectivity index is 1.54. The van der Waals surface area contributed by atoms with Crippen molar-refractivity contribution in [3.05, 3.63) is 35.4 Å². The van der Waals surface area contributed by atoms with Gasteiger partial charge in [-0.05, 0) is 26.3 Å². The molecule has 0 aliphatic carbocycles. The van der Waals surface area contributed by atoms with Crippen LogP contribution in [0.1, 0.15) is 23.4 Å². The smallest absolute Gasteiger partial charge is 0.225 e. The van der Waals surface area contributed by atoms with Crippen LogP contribution < -0.4 is 10.2 Å². The largest absolute Gasteiger partial charge is 0.386 e. The van der Waals surface area contributed by atoms with Gasteiger partial charge in [0.25, 0.3) is 0 Å². The summed E-state index contributed by atoms with van der Waals surface area (Å²) in [4.78, 5) is 22.5. The van der Waals surface area contributed by atoms with Crippen molar-refractivity contribution in [2.45, 2.75) is 32.3 Å². The van der Waals surface area contributed by atoms with Gasteiger partial charge in [0.1, 0.15) is 5.60 Å². The molecular weight excluding hydrogens is 308 g/mol. The number of aromatic nitrogens is 4. The maximum Gasteiger partial charge on any atom is 0.225 e. The summed E-state index contributed by atoms with van der Waals surface area (Å²) in [5, 5.41) is 20.5. The first-order chi connectivity index (χ1) is 11.5. The lowest BCUT2D eigenvalue weighted by molar-refractivity contribution is -0.121. The molecule has 1 fully saturated rings. The van der Waals surface area contributed by atoms with Crippen molar-refractivity contribution in [1.82, 2.24) is 25.5 Å². The van der Waals surface area contributed by atoms with E-state index in [0.717, 1.165) is 17.0 Å². The monoisotopic (exact) mass is 330 g/mol. The number of nitrogens with one attached hydrogen (secondary N) is 2. The van der Waals surface area contributed by atoms with Crippen LogP contribution in [0.4, 0.5) is 5.95 Å². The Morgan fingerprint density at radius 1 is 1.42 bits per heavy atom. The van der Waals surface area contributed by atoms with E-state index < -0.39 is 5.60 Å². The minimum Gasteiger partial charge on any atom is -0.386 e. The molecule has 0 bridgehead atoms. The molecule has 8 heteroatoms. The van der Waals surface area contributed by atoms with Crippen molar-refractivity contribution >= 4 is 11.9 Å². The molecule has 2 aromatic heterocycles. The number of rotatable bonds is 5. The molecule has 0 aromatic carbocycles. The van der Waals surface area contributed by atoms with E-state index >= 15 is 0 Å². The molecule has 2 aromatic rings. The van der Waals surface area contributed by atoms with Crippen LogP contribution in [0.25, 0.3) is 0 Å². The Bertz CT molecular complexity index is 697. The lowest BCUT2D eigenvalue weighted by atomic mass is 10.0. The number of β-amino-alcohol motifs (C(OH)–C–C–N with tert-alkyl or cyclic N) is 1. The zero-order chi connectivity index (χ0) is 17.2. The maximum atomic E-state index is 12.2. The number of aryl methyl sites for hydroxylation is 2. The van der Waals surface area contributed by atoms with Gasteiger partial charge in [-0.25, -0.2) is 9.97 Å². The molecule has 128 valence electrons. The number of hydrogen-bond donors (Lipinski definition) is 3. The fourth-order valence-corrected chi connectivity index (χ4v) is 2.95. The standard InChI is InChI=1S/C16H22N6O2/c1-11-13(12(2)21-20-11)8-14(23)19-9-16(24)4-7-22(10-16)15-17-5-3-6-18-15/h3,5-6,24H,4,7-10H2,1-2H3,(H,19,23)(H,20,21)/t16-/m0/s1. The first-order valence-electron chi connectivity index (χ1n) is 7.98. The summed E-state index contributed by atoms with van der Waals surface area (Å²) < 4.78 is 0. The SMILES string of the molecule is Cc1n[nH]c(C)c1CC(=O)NC[C@@]1(O)CCN(c2ncccn2)C1. The van der Waals surface area contributed by atoms with Crippen molar-refractivity contribution in [1.29, 1.82) is 0 Å². The average molecular weight is 330 g/mol. The minimum atomic E-state index is -0.963. The molecule has 8 nitrogen and oxygen atoms in total. The second-order valence-corrected chi connectivity index (χ2v) is 6.31. The highest BCUT2D eigenvalue weighted by Crippen LogP contribution is 2.23. The summed E-state index contributed by atoms with van der Waals surface area (Å²) in [5.41, 5.74) is 1.67. The highest BCUT2D eigenvalue weighted by Gasteiger charge is 2.37. The third kappa shape index (κ3) is 3.53. The predicted octanol–water partition coefficient (Wildman–Crippen LogP) is 0.117. The maximum absolute atomic E-state index is 12.2. The molecule has 1 aliphatic heterocycles. The number of H-pyrrole nitrogens is 1. The van der Waals surface area contributed by atoms with Gasteiger partial charge in [0, 0.05) is 36.7 Å². The number of nitrogens with zero attached hydrogens (tertiary/aromatic N) is 4. The number of amides is 1. The zero-order valence-corrected chi connectivity index (χ0v) is 13.9. The Labute approximate surface area is 140 Å². The summed E-state index contributed by atoms with van der Waals surface area (Å²) in [7, 11) is 0. The van der Waals surface area contributed by atoms with E-state index in [9.17, 15) is 9.90 Å². The predicted molar refractivity (Wildman–Crippen MR) is 88.6 cm³/mol. The summed E-state index contributed by atoms with van der Waals surface area (Å²) in [5.74, 6) is 0.481. The molecule has 3 heterocycles. The summed E-state index contributed by atoms with van der Waals surface area (Å²) >= 11 is 0. The van der Waals surface area contributed by atoms with Crippen molar-refractivity contribution in [3.63, 3.8) is 0 Å². The molecule has 0 radical (unpaired) electrons. The molecule has 0 saturated carbocycles. The number of anilines is 1. The lowest BCUT2D eigenvalue weighted by Gasteiger charge is -2.23. The molecule has 3 rings (SSSR count). The van der Waals surface area contributed by atoms with Gasteiger partial charge in [-0.3, -0.25) is 9.89 Å². The van der Waals surface area contributed by atoms with E-state index in [1.807, 2.05) is 18.7 Å². The van der Waals surface area contributed by atoms with Crippen LogP contribution in [0.5, 0.6) is 0 Å². The third-order valence-corrected chi connectivity index (χ3v) is 4.40. The van der Waals surface area contributed by atoms with Crippen molar-refractivity contribution in [2.24, 2.45) is 0 Å². The minimum absolute atomic E-state index is 0.120. The first-order valence-corrected chi connectivity index (χ1v) is 7.98. The van der Waals surface area contributed by atoms with Crippen LogP contribution in [0, 0.1) is 13.8 Å². The van der Waals surface area contributed by atoms with Crippen LogP contribution in [0.2, 0.25) is 0 Å². The number of hydrogen-bond acceptors (Lipinski definition) is 6. The zero-order valence-electron chi connectivity index (χ0n) is 13.9. The number of carbonyl (C=O) groups excluding carboxylic acids is 1.